The first-order valence-electron chi connectivity index (χ1n) is 6.47. The first-order chi connectivity index (χ1) is 10.1. The summed E-state index contributed by atoms with van der Waals surface area (Å²) in [7, 11) is 0. The fourth-order valence-corrected chi connectivity index (χ4v) is 2.50. The summed E-state index contributed by atoms with van der Waals surface area (Å²) >= 11 is 0. The molecule has 21 heavy (non-hydrogen) atoms. The number of hydrogen-bond acceptors (Lipinski definition) is 4. The minimum atomic E-state index is -0.844. The lowest BCUT2D eigenvalue weighted by Gasteiger charge is -2.17. The quantitative estimate of drug-likeness (QED) is 0.690. The van der Waals surface area contributed by atoms with Gasteiger partial charge in [-0.2, -0.15) is 0 Å². The third-order valence-corrected chi connectivity index (χ3v) is 3.56. The average molecular weight is 283 g/mol. The van der Waals surface area contributed by atoms with Crippen LogP contribution in [0.3, 0.4) is 0 Å². The van der Waals surface area contributed by atoms with Gasteiger partial charge in [0.15, 0.2) is 0 Å². The number of benzene rings is 2. The van der Waals surface area contributed by atoms with Crippen LogP contribution in [0, 0.1) is 10.1 Å². The topological polar surface area (TPSA) is 89.5 Å². The molecule has 6 heteroatoms. The molecule has 1 aliphatic heterocycles. The number of carbonyl (C=O) groups is 1. The highest BCUT2D eigenvalue weighted by Gasteiger charge is 2.35. The average Bonchev–Trinajstić information content (AvgIpc) is 2.73. The van der Waals surface area contributed by atoms with E-state index in [4.69, 9.17) is 5.73 Å². The summed E-state index contributed by atoms with van der Waals surface area (Å²) in [5.74, 6) is -0.241. The lowest BCUT2D eigenvalue weighted by Crippen LogP contribution is -2.31. The Morgan fingerprint density at radius 3 is 2.57 bits per heavy atom. The monoisotopic (exact) mass is 283 g/mol. The smallest absolute Gasteiger partial charge is 0.269 e. The molecule has 1 atom stereocenters. The molecule has 1 aliphatic rings. The maximum atomic E-state index is 12.3. The van der Waals surface area contributed by atoms with Crippen LogP contribution in [0.4, 0.5) is 11.4 Å². The lowest BCUT2D eigenvalue weighted by molar-refractivity contribution is -0.384. The normalized spacial score (nSPS) is 16.9. The summed E-state index contributed by atoms with van der Waals surface area (Å²) < 4.78 is 0. The second kappa shape index (κ2) is 4.99. The van der Waals surface area contributed by atoms with Crippen molar-refractivity contribution in [1.29, 1.82) is 0 Å². The van der Waals surface area contributed by atoms with E-state index in [1.807, 2.05) is 30.3 Å². The van der Waals surface area contributed by atoms with Crippen LogP contribution in [0.2, 0.25) is 0 Å². The van der Waals surface area contributed by atoms with Crippen molar-refractivity contribution in [1.82, 2.24) is 0 Å². The summed E-state index contributed by atoms with van der Waals surface area (Å²) in [5, 5.41) is 10.8. The van der Waals surface area contributed by atoms with Gasteiger partial charge < -0.3 is 10.6 Å². The second-order valence-corrected chi connectivity index (χ2v) is 4.89. The molecule has 106 valence electrons. The van der Waals surface area contributed by atoms with Gasteiger partial charge in [-0.1, -0.05) is 30.3 Å². The van der Waals surface area contributed by atoms with Crippen molar-refractivity contribution >= 4 is 17.3 Å². The Hall–Kier alpha value is -2.73. The molecule has 0 fully saturated rings. The first kappa shape index (κ1) is 13.3. The van der Waals surface area contributed by atoms with Crippen molar-refractivity contribution in [2.75, 3.05) is 4.90 Å². The van der Waals surface area contributed by atoms with Crippen LogP contribution in [0.5, 0.6) is 0 Å². The van der Waals surface area contributed by atoms with E-state index in [0.29, 0.717) is 17.8 Å². The number of amides is 1. The van der Waals surface area contributed by atoms with Crippen molar-refractivity contribution in [3.63, 3.8) is 0 Å². The molecule has 0 aromatic heterocycles. The van der Waals surface area contributed by atoms with E-state index in [1.165, 1.54) is 12.1 Å². The van der Waals surface area contributed by atoms with E-state index in [0.717, 1.165) is 5.56 Å². The zero-order chi connectivity index (χ0) is 15.0. The van der Waals surface area contributed by atoms with E-state index in [-0.39, 0.29) is 11.6 Å². The number of nitro benzene ring substituents is 1. The van der Waals surface area contributed by atoms with Gasteiger partial charge in [-0.3, -0.25) is 14.9 Å². The van der Waals surface area contributed by atoms with Crippen LogP contribution in [0.25, 0.3) is 0 Å². The third kappa shape index (κ3) is 2.25. The van der Waals surface area contributed by atoms with Crippen molar-refractivity contribution < 1.29 is 9.72 Å². The molecule has 6 nitrogen and oxygen atoms in total. The highest BCUT2D eigenvalue weighted by atomic mass is 16.6. The number of anilines is 1. The molecular formula is C15H13N3O3. The number of non-ortho nitro benzene ring substituents is 1. The molecule has 0 aliphatic carbocycles. The van der Waals surface area contributed by atoms with Crippen LogP contribution in [0.1, 0.15) is 17.2 Å². The van der Waals surface area contributed by atoms with Gasteiger partial charge in [-0.05, 0) is 11.6 Å². The largest absolute Gasteiger partial charge is 0.316 e. The SMILES string of the molecule is N[C@@H]1C(=O)N(Cc2ccccc2)c2ccc([N+](=O)[O-])cc21. The summed E-state index contributed by atoms with van der Waals surface area (Å²) in [6, 6.07) is 13.0. The fraction of sp³-hybridized carbons (Fsp3) is 0.133. The Morgan fingerprint density at radius 2 is 1.90 bits per heavy atom. The number of nitro groups is 1. The zero-order valence-corrected chi connectivity index (χ0v) is 11.1. The van der Waals surface area contributed by atoms with Gasteiger partial charge in [0, 0.05) is 23.4 Å². The molecule has 2 aromatic carbocycles. The van der Waals surface area contributed by atoms with Gasteiger partial charge in [0.25, 0.3) is 5.69 Å². The number of carbonyl (C=O) groups excluding carboxylic acids is 1. The van der Waals surface area contributed by atoms with Gasteiger partial charge in [0.1, 0.15) is 6.04 Å². The molecule has 0 spiro atoms. The fourth-order valence-electron chi connectivity index (χ4n) is 2.50. The molecule has 0 saturated carbocycles. The summed E-state index contributed by atoms with van der Waals surface area (Å²) in [6.07, 6.45) is 0. The predicted octanol–water partition coefficient (Wildman–Crippen LogP) is 2.14. The van der Waals surface area contributed by atoms with Crippen molar-refractivity contribution in [2.24, 2.45) is 5.73 Å². The van der Waals surface area contributed by atoms with Gasteiger partial charge in [0.05, 0.1) is 11.5 Å². The summed E-state index contributed by atoms with van der Waals surface area (Å²) in [4.78, 5) is 24.2. The van der Waals surface area contributed by atoms with Crippen LogP contribution in [0.15, 0.2) is 48.5 Å². The highest BCUT2D eigenvalue weighted by Crippen LogP contribution is 2.37. The van der Waals surface area contributed by atoms with E-state index in [1.54, 1.807) is 11.0 Å². The maximum Gasteiger partial charge on any atom is 0.269 e. The Morgan fingerprint density at radius 1 is 1.19 bits per heavy atom. The van der Waals surface area contributed by atoms with Gasteiger partial charge in [-0.15, -0.1) is 0 Å². The standard InChI is InChI=1S/C15H13N3O3/c16-14-12-8-11(18(20)21)6-7-13(12)17(15(14)19)9-10-4-2-1-3-5-10/h1-8,14H,9,16H2/t14-/m0/s1. The molecule has 1 amide bonds. The van der Waals surface area contributed by atoms with E-state index in [2.05, 4.69) is 0 Å². The van der Waals surface area contributed by atoms with Gasteiger partial charge in [0.2, 0.25) is 5.91 Å². The van der Waals surface area contributed by atoms with Crippen LogP contribution >= 0.6 is 0 Å². The second-order valence-electron chi connectivity index (χ2n) is 4.89. The van der Waals surface area contributed by atoms with Crippen LogP contribution in [-0.4, -0.2) is 10.8 Å². The molecule has 1 heterocycles. The highest BCUT2D eigenvalue weighted by molar-refractivity contribution is 6.04. The van der Waals surface area contributed by atoms with Gasteiger partial charge >= 0.3 is 0 Å². The van der Waals surface area contributed by atoms with E-state index >= 15 is 0 Å². The number of nitrogens with zero attached hydrogens (tertiary/aromatic N) is 2. The molecule has 0 saturated heterocycles. The van der Waals surface area contributed by atoms with Crippen molar-refractivity contribution in [3.8, 4) is 0 Å². The molecular weight excluding hydrogens is 270 g/mol. The Bertz CT molecular complexity index is 715. The van der Waals surface area contributed by atoms with Gasteiger partial charge in [-0.25, -0.2) is 0 Å². The Labute approximate surface area is 120 Å². The number of hydrogen-bond donors (Lipinski definition) is 1. The number of nitrogens with two attached hydrogens (primary N) is 1. The zero-order valence-electron chi connectivity index (χ0n) is 11.1. The number of fused-ring (bicyclic) bond motifs is 1. The van der Waals surface area contributed by atoms with Crippen LogP contribution in [-0.2, 0) is 11.3 Å². The number of rotatable bonds is 3. The summed E-state index contributed by atoms with van der Waals surface area (Å²) in [6.45, 7) is 0.401. The molecule has 0 bridgehead atoms. The minimum Gasteiger partial charge on any atom is -0.316 e. The summed E-state index contributed by atoms with van der Waals surface area (Å²) in [5.41, 5.74) is 7.95. The Kier molecular flexibility index (Phi) is 3.15. The molecule has 0 unspecified atom stereocenters. The predicted molar refractivity (Wildman–Crippen MR) is 77.7 cm³/mol. The van der Waals surface area contributed by atoms with Crippen molar-refractivity contribution in [2.45, 2.75) is 12.6 Å². The van der Waals surface area contributed by atoms with Crippen LogP contribution < -0.4 is 10.6 Å². The van der Waals surface area contributed by atoms with Crippen molar-refractivity contribution in [3.05, 3.63) is 69.8 Å². The molecule has 2 N–H and O–H groups in total. The molecule has 0 radical (unpaired) electrons. The Balaban J connectivity index is 1.98. The van der Waals surface area contributed by atoms with E-state index < -0.39 is 11.0 Å². The molecule has 3 rings (SSSR count). The lowest BCUT2D eigenvalue weighted by atomic mass is 10.1. The minimum absolute atomic E-state index is 0.0569. The maximum absolute atomic E-state index is 12.3. The third-order valence-electron chi connectivity index (χ3n) is 3.56. The molecule has 2 aromatic rings. The van der Waals surface area contributed by atoms with E-state index in [9.17, 15) is 14.9 Å². The first-order valence-corrected chi connectivity index (χ1v) is 6.47.